The topological polar surface area (TPSA) is 16.4 Å². The minimum absolute atomic E-state index is 0.863. The lowest BCUT2D eigenvalue weighted by molar-refractivity contribution is 0.669. The van der Waals surface area contributed by atoms with Crippen LogP contribution in [0.3, 0.4) is 0 Å². The molecule has 1 aromatic heterocycles. The van der Waals surface area contributed by atoms with Gasteiger partial charge in [0.25, 0.3) is 0 Å². The zero-order chi connectivity index (χ0) is 35.6. The molecule has 11 rings (SSSR count). The summed E-state index contributed by atoms with van der Waals surface area (Å²) in [6, 6.07) is 72.3. The van der Waals surface area contributed by atoms with Crippen LogP contribution in [-0.4, -0.2) is 0 Å². The van der Waals surface area contributed by atoms with Crippen molar-refractivity contribution < 1.29 is 4.42 Å². The van der Waals surface area contributed by atoms with Crippen molar-refractivity contribution in [1.82, 2.24) is 0 Å². The molecule has 0 bridgehead atoms. The fourth-order valence-electron chi connectivity index (χ4n) is 8.55. The number of anilines is 3. The number of hydrogen-bond acceptors (Lipinski definition) is 2. The zero-order valence-corrected chi connectivity index (χ0v) is 29.4. The minimum Gasteiger partial charge on any atom is -0.454 e. The van der Waals surface area contributed by atoms with Crippen LogP contribution in [0.1, 0.15) is 0 Å². The highest BCUT2D eigenvalue weighted by atomic mass is 16.3. The van der Waals surface area contributed by atoms with Gasteiger partial charge in [-0.25, -0.2) is 0 Å². The molecule has 0 saturated carbocycles. The molecule has 0 atom stereocenters. The molecular weight excluding hydrogens is 655 g/mol. The van der Waals surface area contributed by atoms with Gasteiger partial charge in [0.1, 0.15) is 5.58 Å². The van der Waals surface area contributed by atoms with E-state index in [4.69, 9.17) is 4.42 Å². The quantitative estimate of drug-likeness (QED) is 0.168. The molecule has 0 saturated heterocycles. The van der Waals surface area contributed by atoms with Gasteiger partial charge in [0.2, 0.25) is 0 Å². The average Bonchev–Trinajstić information content (AvgIpc) is 3.63. The number of furan rings is 1. The predicted molar refractivity (Wildman–Crippen MR) is 229 cm³/mol. The molecule has 252 valence electrons. The number of para-hydroxylation sites is 2. The van der Waals surface area contributed by atoms with Crippen LogP contribution in [0.25, 0.3) is 87.3 Å². The van der Waals surface area contributed by atoms with E-state index in [0.29, 0.717) is 0 Å². The molecule has 0 fully saturated rings. The second-order valence-electron chi connectivity index (χ2n) is 14.1. The maximum absolute atomic E-state index is 6.71. The standard InChI is InChI=1S/C52H33NO/c1-3-20-40-36(14-1)32-48(44-24-7-5-22-42(40)44)34-16-11-18-38(30-34)53(50-28-13-27-47-46-26-9-10-29-51(46)54-52(47)50)39-19-12-17-35(31-39)49-33-37-15-2-4-21-41(37)43-23-6-8-25-45(43)49/h1-33H. The molecule has 10 aromatic carbocycles. The highest BCUT2D eigenvalue weighted by Crippen LogP contribution is 2.45. The fourth-order valence-corrected chi connectivity index (χ4v) is 8.55. The van der Waals surface area contributed by atoms with Crippen molar-refractivity contribution in [1.29, 1.82) is 0 Å². The molecule has 0 aliphatic carbocycles. The summed E-state index contributed by atoms with van der Waals surface area (Å²) in [4.78, 5) is 2.37. The molecule has 0 amide bonds. The Morgan fingerprint density at radius 1 is 0.315 bits per heavy atom. The molecule has 1 heterocycles. The minimum atomic E-state index is 0.863. The van der Waals surface area contributed by atoms with Crippen LogP contribution in [-0.2, 0) is 0 Å². The normalized spacial score (nSPS) is 11.7. The number of benzene rings is 10. The Labute approximate surface area is 312 Å². The molecule has 2 heteroatoms. The lowest BCUT2D eigenvalue weighted by Crippen LogP contribution is -2.10. The molecule has 2 nitrogen and oxygen atoms in total. The molecule has 0 aliphatic heterocycles. The highest BCUT2D eigenvalue weighted by Gasteiger charge is 2.21. The Morgan fingerprint density at radius 3 is 1.33 bits per heavy atom. The van der Waals surface area contributed by atoms with E-state index in [1.807, 2.05) is 6.07 Å². The monoisotopic (exact) mass is 687 g/mol. The van der Waals surface area contributed by atoms with E-state index in [2.05, 4.69) is 199 Å². The van der Waals surface area contributed by atoms with Crippen molar-refractivity contribution in [2.24, 2.45) is 0 Å². The summed E-state index contributed by atoms with van der Waals surface area (Å²) >= 11 is 0. The molecule has 0 spiro atoms. The van der Waals surface area contributed by atoms with E-state index >= 15 is 0 Å². The van der Waals surface area contributed by atoms with Gasteiger partial charge in [-0.05, 0) is 114 Å². The molecule has 54 heavy (non-hydrogen) atoms. The third-order valence-corrected chi connectivity index (χ3v) is 11.0. The first-order chi connectivity index (χ1) is 26.8. The summed E-state index contributed by atoms with van der Waals surface area (Å²) in [5.41, 5.74) is 9.59. The van der Waals surface area contributed by atoms with Crippen LogP contribution < -0.4 is 4.90 Å². The van der Waals surface area contributed by atoms with Crippen LogP contribution in [0, 0.1) is 0 Å². The van der Waals surface area contributed by atoms with Crippen LogP contribution in [0.2, 0.25) is 0 Å². The van der Waals surface area contributed by atoms with Crippen LogP contribution in [0.4, 0.5) is 17.1 Å². The fraction of sp³-hybridized carbons (Fsp3) is 0. The Morgan fingerprint density at radius 2 is 0.759 bits per heavy atom. The molecule has 0 N–H and O–H groups in total. The molecule has 0 unspecified atom stereocenters. The molecular formula is C52H33NO. The van der Waals surface area contributed by atoms with E-state index in [0.717, 1.165) is 50.1 Å². The number of rotatable bonds is 5. The van der Waals surface area contributed by atoms with E-state index in [1.165, 1.54) is 54.2 Å². The van der Waals surface area contributed by atoms with Gasteiger partial charge in [0, 0.05) is 22.1 Å². The van der Waals surface area contributed by atoms with E-state index in [9.17, 15) is 0 Å². The van der Waals surface area contributed by atoms with E-state index < -0.39 is 0 Å². The second-order valence-corrected chi connectivity index (χ2v) is 14.1. The summed E-state index contributed by atoms with van der Waals surface area (Å²) in [6.45, 7) is 0. The van der Waals surface area contributed by atoms with E-state index in [1.54, 1.807) is 0 Å². The third kappa shape index (κ3) is 4.81. The zero-order valence-electron chi connectivity index (χ0n) is 29.4. The van der Waals surface area contributed by atoms with Crippen molar-refractivity contribution in [3.8, 4) is 22.3 Å². The SMILES string of the molecule is c1cc(-c2cc3ccccc3c3ccccc23)cc(N(c2cccc(-c3cc4ccccc4c4ccccc34)c2)c2cccc3c2oc2ccccc23)c1. The van der Waals surface area contributed by atoms with Crippen molar-refractivity contribution in [3.63, 3.8) is 0 Å². The van der Waals surface area contributed by atoms with Crippen LogP contribution in [0.15, 0.2) is 205 Å². The van der Waals surface area contributed by atoms with Crippen LogP contribution in [0.5, 0.6) is 0 Å². The van der Waals surface area contributed by atoms with Gasteiger partial charge in [0.15, 0.2) is 5.58 Å². The summed E-state index contributed by atoms with van der Waals surface area (Å²) in [7, 11) is 0. The van der Waals surface area contributed by atoms with Crippen LogP contribution >= 0.6 is 0 Å². The summed E-state index contributed by atoms with van der Waals surface area (Å²) in [5, 5.41) is 12.2. The lowest BCUT2D eigenvalue weighted by atomic mass is 9.92. The van der Waals surface area contributed by atoms with Gasteiger partial charge in [-0.15, -0.1) is 0 Å². The van der Waals surface area contributed by atoms with E-state index in [-0.39, 0.29) is 0 Å². The Kier molecular flexibility index (Phi) is 6.90. The second kappa shape index (κ2) is 12.2. The van der Waals surface area contributed by atoms with Gasteiger partial charge in [0.05, 0.1) is 5.69 Å². The summed E-state index contributed by atoms with van der Waals surface area (Å²) < 4.78 is 6.71. The third-order valence-electron chi connectivity index (χ3n) is 11.0. The first kappa shape index (κ1) is 30.5. The molecule has 0 aliphatic rings. The Bertz CT molecular complexity index is 3080. The number of nitrogens with zero attached hydrogens (tertiary/aromatic N) is 1. The Balaban J connectivity index is 1.16. The predicted octanol–water partition coefficient (Wildman–Crippen LogP) is 15.0. The number of fused-ring (bicyclic) bond motifs is 9. The lowest BCUT2D eigenvalue weighted by Gasteiger charge is -2.27. The van der Waals surface area contributed by atoms with Crippen molar-refractivity contribution in [3.05, 3.63) is 200 Å². The summed E-state index contributed by atoms with van der Waals surface area (Å²) in [6.07, 6.45) is 0. The van der Waals surface area contributed by atoms with Gasteiger partial charge in [-0.1, -0.05) is 152 Å². The maximum atomic E-state index is 6.71. The van der Waals surface area contributed by atoms with Gasteiger partial charge in [-0.2, -0.15) is 0 Å². The summed E-state index contributed by atoms with van der Waals surface area (Å²) in [5.74, 6) is 0. The Hall–Kier alpha value is -7.16. The first-order valence-electron chi connectivity index (χ1n) is 18.5. The first-order valence-corrected chi connectivity index (χ1v) is 18.5. The highest BCUT2D eigenvalue weighted by molar-refractivity contribution is 6.16. The van der Waals surface area contributed by atoms with Gasteiger partial charge < -0.3 is 9.32 Å². The molecule has 0 radical (unpaired) electrons. The van der Waals surface area contributed by atoms with Crippen molar-refractivity contribution in [2.75, 3.05) is 4.90 Å². The maximum Gasteiger partial charge on any atom is 0.159 e. The van der Waals surface area contributed by atoms with Crippen molar-refractivity contribution >= 4 is 82.1 Å². The van der Waals surface area contributed by atoms with Gasteiger partial charge in [-0.3, -0.25) is 0 Å². The smallest absolute Gasteiger partial charge is 0.159 e. The molecule has 11 aromatic rings. The van der Waals surface area contributed by atoms with Gasteiger partial charge >= 0.3 is 0 Å². The largest absolute Gasteiger partial charge is 0.454 e. The van der Waals surface area contributed by atoms with Crippen molar-refractivity contribution in [2.45, 2.75) is 0 Å². The average molecular weight is 688 g/mol. The number of hydrogen-bond donors (Lipinski definition) is 0.